The summed E-state index contributed by atoms with van der Waals surface area (Å²) in [6.45, 7) is 1.69. The Morgan fingerprint density at radius 2 is 2.12 bits per heavy atom. The summed E-state index contributed by atoms with van der Waals surface area (Å²) in [5, 5.41) is 2.47. The number of fused-ring (bicyclic) bond motifs is 1. The zero-order valence-electron chi connectivity index (χ0n) is 13.8. The average molecular weight is 381 g/mol. The van der Waals surface area contributed by atoms with Crippen LogP contribution in [0.15, 0.2) is 29.1 Å². The SMILES string of the molecule is CNC(=O)c1c(C)sc2nc(Cc3cccc(C(F)F)c3F)cc(=O)n12. The molecule has 9 heteroatoms. The fraction of sp³-hybridized carbons (Fsp3) is 0.235. The van der Waals surface area contributed by atoms with E-state index in [4.69, 9.17) is 0 Å². The van der Waals surface area contributed by atoms with Gasteiger partial charge < -0.3 is 5.32 Å². The lowest BCUT2D eigenvalue weighted by molar-refractivity contribution is 0.0956. The molecule has 0 saturated heterocycles. The minimum absolute atomic E-state index is 0.0267. The van der Waals surface area contributed by atoms with E-state index in [1.807, 2.05) is 0 Å². The average Bonchev–Trinajstić information content (AvgIpc) is 2.92. The highest BCUT2D eigenvalue weighted by atomic mass is 32.1. The van der Waals surface area contributed by atoms with E-state index >= 15 is 0 Å². The molecule has 0 aliphatic rings. The van der Waals surface area contributed by atoms with Gasteiger partial charge in [-0.2, -0.15) is 0 Å². The molecule has 0 unspecified atom stereocenters. The molecule has 136 valence electrons. The number of hydrogen-bond acceptors (Lipinski definition) is 4. The van der Waals surface area contributed by atoms with Gasteiger partial charge >= 0.3 is 0 Å². The number of benzene rings is 1. The van der Waals surface area contributed by atoms with Crippen molar-refractivity contribution in [1.82, 2.24) is 14.7 Å². The molecule has 2 aromatic heterocycles. The largest absolute Gasteiger partial charge is 0.354 e. The molecular formula is C17H14F3N3O2S. The van der Waals surface area contributed by atoms with E-state index in [-0.39, 0.29) is 28.3 Å². The van der Waals surface area contributed by atoms with Crippen molar-refractivity contribution in [3.05, 3.63) is 67.8 Å². The molecule has 0 spiro atoms. The Morgan fingerprint density at radius 1 is 1.38 bits per heavy atom. The highest BCUT2D eigenvalue weighted by molar-refractivity contribution is 7.17. The van der Waals surface area contributed by atoms with Crippen LogP contribution in [-0.2, 0) is 6.42 Å². The van der Waals surface area contributed by atoms with E-state index in [9.17, 15) is 22.8 Å². The third-order valence-electron chi connectivity index (χ3n) is 3.90. The number of carbonyl (C=O) groups excluding carboxylic acids is 1. The fourth-order valence-electron chi connectivity index (χ4n) is 2.69. The Labute approximate surface area is 150 Å². The van der Waals surface area contributed by atoms with Gasteiger partial charge in [0.25, 0.3) is 17.9 Å². The first-order valence-electron chi connectivity index (χ1n) is 7.63. The lowest BCUT2D eigenvalue weighted by Crippen LogP contribution is -2.25. The molecule has 0 radical (unpaired) electrons. The molecular weight excluding hydrogens is 367 g/mol. The Balaban J connectivity index is 2.08. The van der Waals surface area contributed by atoms with Gasteiger partial charge in [-0.15, -0.1) is 11.3 Å². The van der Waals surface area contributed by atoms with Crippen molar-refractivity contribution in [2.24, 2.45) is 0 Å². The smallest absolute Gasteiger partial charge is 0.269 e. The second-order valence-corrected chi connectivity index (χ2v) is 6.77. The third-order valence-corrected chi connectivity index (χ3v) is 4.86. The number of thiazole rings is 1. The van der Waals surface area contributed by atoms with Crippen LogP contribution < -0.4 is 10.9 Å². The number of aryl methyl sites for hydroxylation is 1. The van der Waals surface area contributed by atoms with Crippen molar-refractivity contribution >= 4 is 22.2 Å². The predicted molar refractivity (Wildman–Crippen MR) is 91.6 cm³/mol. The van der Waals surface area contributed by atoms with Gasteiger partial charge in [0.15, 0.2) is 4.96 Å². The normalized spacial score (nSPS) is 11.3. The standard InChI is InChI=1S/C17H14F3N3O2S/c1-8-14(16(25)21-2)23-12(24)7-10(22-17(23)26-8)6-9-4-3-5-11(13(9)18)15(19)20/h3-5,7,15H,6H2,1-2H3,(H,21,25). The van der Waals surface area contributed by atoms with Crippen LogP contribution in [0.25, 0.3) is 4.96 Å². The van der Waals surface area contributed by atoms with Crippen LogP contribution in [-0.4, -0.2) is 22.3 Å². The summed E-state index contributed by atoms with van der Waals surface area (Å²) in [5.41, 5.74) is -0.709. The van der Waals surface area contributed by atoms with Gasteiger partial charge in [-0.1, -0.05) is 18.2 Å². The molecule has 5 nitrogen and oxygen atoms in total. The quantitative estimate of drug-likeness (QED) is 0.755. The second kappa shape index (κ2) is 6.91. The van der Waals surface area contributed by atoms with Crippen LogP contribution in [0.2, 0.25) is 0 Å². The van der Waals surface area contributed by atoms with E-state index in [2.05, 4.69) is 10.3 Å². The zero-order valence-corrected chi connectivity index (χ0v) is 14.7. The number of alkyl halides is 2. The van der Waals surface area contributed by atoms with Crippen LogP contribution in [0, 0.1) is 12.7 Å². The highest BCUT2D eigenvalue weighted by Crippen LogP contribution is 2.25. The number of aromatic nitrogens is 2. The first kappa shape index (κ1) is 18.1. The van der Waals surface area contributed by atoms with E-state index in [1.54, 1.807) is 6.92 Å². The number of rotatable bonds is 4. The number of nitrogens with one attached hydrogen (secondary N) is 1. The number of halogens is 3. The van der Waals surface area contributed by atoms with Gasteiger partial charge in [0.2, 0.25) is 0 Å². The van der Waals surface area contributed by atoms with Crippen LogP contribution in [0.4, 0.5) is 13.2 Å². The molecule has 1 aromatic carbocycles. The van der Waals surface area contributed by atoms with Gasteiger partial charge in [0, 0.05) is 24.4 Å². The summed E-state index contributed by atoms with van der Waals surface area (Å²) in [6.07, 6.45) is -3.03. The van der Waals surface area contributed by atoms with E-state index in [1.165, 1.54) is 29.6 Å². The minimum Gasteiger partial charge on any atom is -0.354 e. The van der Waals surface area contributed by atoms with Gasteiger partial charge in [0.05, 0.1) is 11.3 Å². The van der Waals surface area contributed by atoms with Crippen molar-refractivity contribution < 1.29 is 18.0 Å². The highest BCUT2D eigenvalue weighted by Gasteiger charge is 2.20. The predicted octanol–water partition coefficient (Wildman–Crippen LogP) is 3.09. The summed E-state index contributed by atoms with van der Waals surface area (Å²) in [4.78, 5) is 29.6. The Hall–Kier alpha value is -2.68. The molecule has 3 aromatic rings. The van der Waals surface area contributed by atoms with E-state index < -0.39 is 29.3 Å². The minimum atomic E-state index is -2.92. The number of hydrogen-bond donors (Lipinski definition) is 1. The lowest BCUT2D eigenvalue weighted by atomic mass is 10.1. The molecule has 1 amide bonds. The first-order valence-corrected chi connectivity index (χ1v) is 8.44. The number of nitrogens with zero attached hydrogens (tertiary/aromatic N) is 2. The second-order valence-electron chi connectivity index (χ2n) is 5.59. The Bertz CT molecular complexity index is 1060. The molecule has 26 heavy (non-hydrogen) atoms. The summed E-state index contributed by atoms with van der Waals surface area (Å²) in [6, 6.07) is 4.91. The zero-order chi connectivity index (χ0) is 19.0. The van der Waals surface area contributed by atoms with Crippen molar-refractivity contribution in [3.63, 3.8) is 0 Å². The maximum absolute atomic E-state index is 14.2. The molecule has 2 heterocycles. The summed E-state index contributed by atoms with van der Waals surface area (Å²) >= 11 is 1.15. The number of carbonyl (C=O) groups is 1. The van der Waals surface area contributed by atoms with Crippen molar-refractivity contribution in [3.8, 4) is 0 Å². The Kier molecular flexibility index (Phi) is 4.82. The van der Waals surface area contributed by atoms with Gasteiger partial charge in [-0.25, -0.2) is 22.6 Å². The molecule has 0 atom stereocenters. The van der Waals surface area contributed by atoms with Crippen molar-refractivity contribution in [2.75, 3.05) is 7.05 Å². The third kappa shape index (κ3) is 3.10. The van der Waals surface area contributed by atoms with Crippen LogP contribution in [0.5, 0.6) is 0 Å². The molecule has 0 bridgehead atoms. The molecule has 0 aliphatic heterocycles. The summed E-state index contributed by atoms with van der Waals surface area (Å²) in [7, 11) is 1.46. The molecule has 0 aliphatic carbocycles. The maximum atomic E-state index is 14.2. The Morgan fingerprint density at radius 3 is 2.77 bits per heavy atom. The summed E-state index contributed by atoms with van der Waals surface area (Å²) in [5.74, 6) is -1.42. The molecule has 1 N–H and O–H groups in total. The van der Waals surface area contributed by atoms with E-state index in [0.29, 0.717) is 4.88 Å². The van der Waals surface area contributed by atoms with E-state index in [0.717, 1.165) is 17.4 Å². The van der Waals surface area contributed by atoms with Crippen molar-refractivity contribution in [2.45, 2.75) is 19.8 Å². The summed E-state index contributed by atoms with van der Waals surface area (Å²) < 4.78 is 41.1. The molecule has 3 rings (SSSR count). The first-order chi connectivity index (χ1) is 12.3. The monoisotopic (exact) mass is 381 g/mol. The number of amides is 1. The maximum Gasteiger partial charge on any atom is 0.269 e. The van der Waals surface area contributed by atoms with Gasteiger partial charge in [0.1, 0.15) is 11.5 Å². The lowest BCUT2D eigenvalue weighted by Gasteiger charge is -2.08. The topological polar surface area (TPSA) is 63.5 Å². The van der Waals surface area contributed by atoms with Gasteiger partial charge in [-0.05, 0) is 12.5 Å². The molecule has 0 fully saturated rings. The van der Waals surface area contributed by atoms with Gasteiger partial charge in [-0.3, -0.25) is 9.59 Å². The van der Waals surface area contributed by atoms with Crippen molar-refractivity contribution in [1.29, 1.82) is 0 Å². The fourth-order valence-corrected chi connectivity index (χ4v) is 3.68. The van der Waals surface area contributed by atoms with Crippen LogP contribution >= 0.6 is 11.3 Å². The molecule has 0 saturated carbocycles. The van der Waals surface area contributed by atoms with Crippen LogP contribution in [0.3, 0.4) is 0 Å². The van der Waals surface area contributed by atoms with Crippen LogP contribution in [0.1, 0.15) is 38.6 Å².